The van der Waals surface area contributed by atoms with Crippen LogP contribution in [0.5, 0.6) is 0 Å². The first-order valence-electron chi connectivity index (χ1n) is 5.59. The average molecular weight is 224 g/mol. The number of allylic oxidation sites excluding steroid dienone is 2. The number of carbonyl (C=O) groups is 1. The normalized spacial score (nSPS) is 31.3. The average Bonchev–Trinajstić information content (AvgIpc) is 2.44. The van der Waals surface area contributed by atoms with Gasteiger partial charge < -0.3 is 9.84 Å². The number of hydrogen-bond acceptors (Lipinski definition) is 3. The molecule has 0 bridgehead atoms. The van der Waals surface area contributed by atoms with E-state index in [1.165, 1.54) is 0 Å². The summed E-state index contributed by atoms with van der Waals surface area (Å²) in [6, 6.07) is 0. The number of hydrogen-bond donors (Lipinski definition) is 1. The van der Waals surface area contributed by atoms with Gasteiger partial charge in [-0.25, -0.2) is 4.79 Å². The van der Waals surface area contributed by atoms with Gasteiger partial charge in [0.25, 0.3) is 0 Å². The Hall–Kier alpha value is -1.09. The minimum absolute atomic E-state index is 0.264. The number of aliphatic hydroxyl groups excluding tert-OH is 1. The second kappa shape index (κ2) is 4.42. The summed E-state index contributed by atoms with van der Waals surface area (Å²) in [7, 11) is 0. The Morgan fingerprint density at radius 1 is 1.69 bits per heavy atom. The minimum Gasteiger partial charge on any atom is -0.456 e. The highest BCUT2D eigenvalue weighted by molar-refractivity contribution is 5.92. The predicted octanol–water partition coefficient (Wildman–Crippen LogP) is 2.21. The lowest BCUT2D eigenvalue weighted by molar-refractivity contribution is -0.138. The molecule has 1 unspecified atom stereocenters. The molecule has 0 radical (unpaired) electrons. The number of cyclic esters (lactones) is 1. The van der Waals surface area contributed by atoms with Gasteiger partial charge in [0.05, 0.1) is 5.57 Å². The maximum absolute atomic E-state index is 11.5. The zero-order valence-electron chi connectivity index (χ0n) is 10.4. The number of ether oxygens (including phenoxy) is 1. The van der Waals surface area contributed by atoms with E-state index in [-0.39, 0.29) is 5.41 Å². The first-order valence-corrected chi connectivity index (χ1v) is 5.59. The van der Waals surface area contributed by atoms with E-state index in [2.05, 4.69) is 6.58 Å². The van der Waals surface area contributed by atoms with E-state index in [4.69, 9.17) is 4.74 Å². The standard InChI is InChI=1S/C13H20O3/c1-6-13(5,8(2)3)7-10-11(14)9(4)16-12(10)15/h7,9,11,14H,2,6H2,1,3-5H3/b10-7+/t9-,11-,13?/m0/s1. The molecule has 0 aromatic rings. The quantitative estimate of drug-likeness (QED) is 0.454. The molecule has 0 aromatic carbocycles. The van der Waals surface area contributed by atoms with E-state index in [9.17, 15) is 9.90 Å². The highest BCUT2D eigenvalue weighted by Gasteiger charge is 2.37. The summed E-state index contributed by atoms with van der Waals surface area (Å²) in [5.74, 6) is -0.416. The zero-order chi connectivity index (χ0) is 12.5. The van der Waals surface area contributed by atoms with Crippen LogP contribution in [0.3, 0.4) is 0 Å². The lowest BCUT2D eigenvalue weighted by atomic mass is 9.79. The second-order valence-electron chi connectivity index (χ2n) is 4.71. The van der Waals surface area contributed by atoms with Gasteiger partial charge in [-0.3, -0.25) is 0 Å². The molecule has 90 valence electrons. The fourth-order valence-corrected chi connectivity index (χ4v) is 1.69. The largest absolute Gasteiger partial charge is 0.456 e. The predicted molar refractivity (Wildman–Crippen MR) is 62.9 cm³/mol. The Morgan fingerprint density at radius 3 is 2.56 bits per heavy atom. The van der Waals surface area contributed by atoms with E-state index in [0.29, 0.717) is 5.57 Å². The van der Waals surface area contributed by atoms with Crippen molar-refractivity contribution in [1.29, 1.82) is 0 Å². The SMILES string of the molecule is C=C(C)C(C)(/C=C1/C(=O)O[C@@H](C)[C@@H]1O)CC. The van der Waals surface area contributed by atoms with Gasteiger partial charge in [0, 0.05) is 5.41 Å². The zero-order valence-corrected chi connectivity index (χ0v) is 10.4. The molecule has 0 amide bonds. The van der Waals surface area contributed by atoms with Gasteiger partial charge in [0.15, 0.2) is 0 Å². The van der Waals surface area contributed by atoms with Gasteiger partial charge in [0.1, 0.15) is 12.2 Å². The molecule has 3 atom stereocenters. The molecule has 1 saturated heterocycles. The maximum atomic E-state index is 11.5. The van der Waals surface area contributed by atoms with Crippen LogP contribution in [0.15, 0.2) is 23.8 Å². The monoisotopic (exact) mass is 224 g/mol. The highest BCUT2D eigenvalue weighted by Crippen LogP contribution is 2.35. The van der Waals surface area contributed by atoms with Crippen molar-refractivity contribution in [3.8, 4) is 0 Å². The molecule has 3 nitrogen and oxygen atoms in total. The van der Waals surface area contributed by atoms with Crippen molar-refractivity contribution >= 4 is 5.97 Å². The molecule has 1 fully saturated rings. The van der Waals surface area contributed by atoms with E-state index < -0.39 is 18.2 Å². The van der Waals surface area contributed by atoms with Crippen LogP contribution in [-0.4, -0.2) is 23.3 Å². The third-order valence-electron chi connectivity index (χ3n) is 3.48. The molecular weight excluding hydrogens is 204 g/mol. The van der Waals surface area contributed by atoms with Crippen molar-refractivity contribution in [2.45, 2.75) is 46.3 Å². The summed E-state index contributed by atoms with van der Waals surface area (Å²) < 4.78 is 4.97. The van der Waals surface area contributed by atoms with Crippen LogP contribution in [0.1, 0.15) is 34.1 Å². The fourth-order valence-electron chi connectivity index (χ4n) is 1.69. The summed E-state index contributed by atoms with van der Waals surface area (Å²) in [6.45, 7) is 11.6. The summed E-state index contributed by atoms with van der Waals surface area (Å²) >= 11 is 0. The third-order valence-corrected chi connectivity index (χ3v) is 3.48. The molecule has 1 aliphatic rings. The molecule has 1 rings (SSSR count). The number of aliphatic hydroxyl groups is 1. The molecule has 3 heteroatoms. The second-order valence-corrected chi connectivity index (χ2v) is 4.71. The molecule has 1 N–H and O–H groups in total. The molecular formula is C13H20O3. The van der Waals surface area contributed by atoms with Crippen LogP contribution < -0.4 is 0 Å². The summed E-state index contributed by atoms with van der Waals surface area (Å²) in [4.78, 5) is 11.5. The van der Waals surface area contributed by atoms with Crippen molar-refractivity contribution in [2.75, 3.05) is 0 Å². The Bertz CT molecular complexity index is 343. The van der Waals surface area contributed by atoms with Crippen LogP contribution in [0, 0.1) is 5.41 Å². The number of carbonyl (C=O) groups excluding carboxylic acids is 1. The van der Waals surface area contributed by atoms with Crippen LogP contribution in [0.4, 0.5) is 0 Å². The lowest BCUT2D eigenvalue weighted by Gasteiger charge is -2.25. The molecule has 0 saturated carbocycles. The van der Waals surface area contributed by atoms with Crippen molar-refractivity contribution in [3.63, 3.8) is 0 Å². The first-order chi connectivity index (χ1) is 7.31. The van der Waals surface area contributed by atoms with E-state index in [1.54, 1.807) is 13.0 Å². The van der Waals surface area contributed by atoms with Gasteiger partial charge in [-0.2, -0.15) is 0 Å². The van der Waals surface area contributed by atoms with Gasteiger partial charge in [-0.1, -0.05) is 32.1 Å². The summed E-state index contributed by atoms with van der Waals surface area (Å²) in [6.07, 6.45) is 1.36. The van der Waals surface area contributed by atoms with Crippen LogP contribution in [-0.2, 0) is 9.53 Å². The molecule has 0 aliphatic carbocycles. The van der Waals surface area contributed by atoms with Gasteiger partial charge >= 0.3 is 5.97 Å². The van der Waals surface area contributed by atoms with Gasteiger partial charge in [-0.15, -0.1) is 0 Å². The van der Waals surface area contributed by atoms with E-state index in [0.717, 1.165) is 12.0 Å². The van der Waals surface area contributed by atoms with E-state index in [1.807, 2.05) is 20.8 Å². The van der Waals surface area contributed by atoms with Crippen molar-refractivity contribution in [1.82, 2.24) is 0 Å². The Morgan fingerprint density at radius 2 is 2.25 bits per heavy atom. The Balaban J connectivity index is 3.08. The number of rotatable bonds is 3. The topological polar surface area (TPSA) is 46.5 Å². The van der Waals surface area contributed by atoms with Crippen molar-refractivity contribution in [3.05, 3.63) is 23.8 Å². The van der Waals surface area contributed by atoms with E-state index >= 15 is 0 Å². The minimum atomic E-state index is -0.822. The number of esters is 1. The third kappa shape index (κ3) is 2.19. The molecule has 1 aliphatic heterocycles. The fraction of sp³-hybridized carbons (Fsp3) is 0.615. The van der Waals surface area contributed by atoms with Crippen LogP contribution >= 0.6 is 0 Å². The summed E-state index contributed by atoms with van der Waals surface area (Å²) in [5.41, 5.74) is 1.07. The molecule has 0 aromatic heterocycles. The van der Waals surface area contributed by atoms with Crippen molar-refractivity contribution in [2.24, 2.45) is 5.41 Å². The van der Waals surface area contributed by atoms with Gasteiger partial charge in [0.2, 0.25) is 0 Å². The highest BCUT2D eigenvalue weighted by atomic mass is 16.6. The van der Waals surface area contributed by atoms with Crippen LogP contribution in [0.2, 0.25) is 0 Å². The molecule has 1 heterocycles. The first kappa shape index (κ1) is 13.0. The Kier molecular flexibility index (Phi) is 3.58. The van der Waals surface area contributed by atoms with Crippen LogP contribution in [0.25, 0.3) is 0 Å². The van der Waals surface area contributed by atoms with Gasteiger partial charge in [-0.05, 0) is 20.3 Å². The molecule has 16 heavy (non-hydrogen) atoms. The summed E-state index contributed by atoms with van der Waals surface area (Å²) in [5, 5.41) is 9.82. The molecule has 0 spiro atoms. The lowest BCUT2D eigenvalue weighted by Crippen LogP contribution is -2.21. The van der Waals surface area contributed by atoms with Crippen molar-refractivity contribution < 1.29 is 14.6 Å². The smallest absolute Gasteiger partial charge is 0.336 e. The Labute approximate surface area is 96.8 Å². The maximum Gasteiger partial charge on any atom is 0.336 e.